The number of cyclic esters (lactones) is 2. The molecule has 1 aliphatic heterocycles. The fraction of sp³-hybridized carbons (Fsp3) is 0.333. The molecule has 1 aliphatic rings. The van der Waals surface area contributed by atoms with Crippen LogP contribution in [0, 0.1) is 10.1 Å². The number of esters is 2. The number of amides is 2. The Morgan fingerprint density at radius 2 is 1.68 bits per heavy atom. The Hall–Kier alpha value is -4.94. The number of ether oxygens (including phenoxy) is 3. The van der Waals surface area contributed by atoms with Crippen LogP contribution < -0.4 is 16.0 Å². The summed E-state index contributed by atoms with van der Waals surface area (Å²) in [6, 6.07) is 13.6. The molecule has 1 saturated heterocycles. The third-order valence-electron chi connectivity index (χ3n) is 5.61. The van der Waals surface area contributed by atoms with Gasteiger partial charge < -0.3 is 30.2 Å². The van der Waals surface area contributed by atoms with Gasteiger partial charge in [0.15, 0.2) is 5.57 Å². The van der Waals surface area contributed by atoms with Crippen molar-refractivity contribution in [1.29, 1.82) is 0 Å². The Balaban J connectivity index is 1.56. The number of unbranched alkanes of at least 4 members (excludes halogenated alkanes) is 1. The Kier molecular flexibility index (Phi) is 10.2. The molecule has 0 aromatic heterocycles. The number of non-ortho nitro benzene ring substituents is 1. The first kappa shape index (κ1) is 29.6. The van der Waals surface area contributed by atoms with Crippen LogP contribution >= 0.6 is 0 Å². The van der Waals surface area contributed by atoms with E-state index in [9.17, 15) is 29.3 Å². The Morgan fingerprint density at radius 1 is 1.02 bits per heavy atom. The van der Waals surface area contributed by atoms with E-state index in [1.807, 2.05) is 30.3 Å². The highest BCUT2D eigenvalue weighted by Gasteiger charge is 2.39. The van der Waals surface area contributed by atoms with Crippen molar-refractivity contribution in [3.63, 3.8) is 0 Å². The first-order chi connectivity index (χ1) is 19.0. The number of hydrogen-bond donors (Lipinski definition) is 3. The van der Waals surface area contributed by atoms with E-state index >= 15 is 0 Å². The number of benzene rings is 2. The highest BCUT2D eigenvalue weighted by molar-refractivity contribution is 6.15. The first-order valence-corrected chi connectivity index (χ1v) is 12.5. The Morgan fingerprint density at radius 3 is 2.30 bits per heavy atom. The topological polar surface area (TPSA) is 175 Å². The van der Waals surface area contributed by atoms with Crippen LogP contribution in [0.5, 0.6) is 0 Å². The summed E-state index contributed by atoms with van der Waals surface area (Å²) in [5.74, 6) is -3.73. The molecule has 0 bridgehead atoms. The maximum atomic E-state index is 13.0. The molecule has 13 heteroatoms. The predicted molar refractivity (Wildman–Crippen MR) is 141 cm³/mol. The van der Waals surface area contributed by atoms with Crippen molar-refractivity contribution in [2.45, 2.75) is 51.5 Å². The van der Waals surface area contributed by atoms with Crippen LogP contribution in [-0.2, 0) is 35.2 Å². The number of nitro groups is 1. The second-order valence-electron chi connectivity index (χ2n) is 9.23. The van der Waals surface area contributed by atoms with Gasteiger partial charge in [-0.25, -0.2) is 14.4 Å². The molecule has 40 heavy (non-hydrogen) atoms. The molecule has 1 heterocycles. The minimum atomic E-state index is -1.41. The molecule has 13 nitrogen and oxygen atoms in total. The summed E-state index contributed by atoms with van der Waals surface area (Å²) in [6.45, 7) is 3.26. The van der Waals surface area contributed by atoms with Crippen molar-refractivity contribution < 1.29 is 38.3 Å². The normalized spacial score (nSPS) is 14.7. The summed E-state index contributed by atoms with van der Waals surface area (Å²) in [4.78, 5) is 59.7. The van der Waals surface area contributed by atoms with E-state index in [4.69, 9.17) is 14.2 Å². The smallest absolute Gasteiger partial charge is 0.407 e. The number of hydrogen-bond acceptors (Lipinski definition) is 10. The van der Waals surface area contributed by atoms with Crippen molar-refractivity contribution in [2.75, 3.05) is 11.9 Å². The van der Waals surface area contributed by atoms with Crippen molar-refractivity contribution in [1.82, 2.24) is 10.6 Å². The zero-order valence-electron chi connectivity index (χ0n) is 22.0. The molecule has 2 amide bonds. The lowest BCUT2D eigenvalue weighted by Crippen LogP contribution is -2.43. The van der Waals surface area contributed by atoms with Gasteiger partial charge in [-0.05, 0) is 37.0 Å². The van der Waals surface area contributed by atoms with Gasteiger partial charge in [0.25, 0.3) is 11.5 Å². The number of nitro benzene ring substituents is 1. The van der Waals surface area contributed by atoms with Gasteiger partial charge in [0.05, 0.1) is 4.92 Å². The van der Waals surface area contributed by atoms with Crippen molar-refractivity contribution in [3.8, 4) is 0 Å². The zero-order valence-corrected chi connectivity index (χ0v) is 22.0. The van der Waals surface area contributed by atoms with Gasteiger partial charge in [0.1, 0.15) is 12.6 Å². The van der Waals surface area contributed by atoms with E-state index in [1.165, 1.54) is 38.1 Å². The second kappa shape index (κ2) is 13.7. The minimum absolute atomic E-state index is 0.135. The van der Waals surface area contributed by atoms with Gasteiger partial charge in [-0.15, -0.1) is 0 Å². The van der Waals surface area contributed by atoms with E-state index in [0.29, 0.717) is 25.1 Å². The van der Waals surface area contributed by atoms with E-state index in [0.717, 1.165) is 11.8 Å². The summed E-state index contributed by atoms with van der Waals surface area (Å²) >= 11 is 0. The number of rotatable bonds is 12. The number of carbonyl (C=O) groups excluding carboxylic acids is 4. The molecule has 1 unspecified atom stereocenters. The SMILES string of the molecule is CC1(C)OC(=O)C(=CNC(CCCCNC(=O)OCc2ccccc2)C(=O)Nc2ccc([N+](=O)[O-])cc2)C(=O)O1. The molecule has 0 saturated carbocycles. The van der Waals surface area contributed by atoms with E-state index < -0.39 is 46.3 Å². The third kappa shape index (κ3) is 9.11. The summed E-state index contributed by atoms with van der Waals surface area (Å²) in [7, 11) is 0. The van der Waals surface area contributed by atoms with Crippen molar-refractivity contribution >= 4 is 35.3 Å². The molecule has 1 atom stereocenters. The molecular formula is C27H30N4O9. The minimum Gasteiger partial charge on any atom is -0.445 e. The second-order valence-corrected chi connectivity index (χ2v) is 9.23. The molecule has 1 fully saturated rings. The number of carbonyl (C=O) groups is 4. The standard InChI is InChI=1S/C27H30N4O9/c1-27(2)39-24(33)21(25(34)40-27)16-29-22(23(32)30-19-11-13-20(14-12-19)31(36)37)10-6-7-15-28-26(35)38-17-18-8-4-3-5-9-18/h3-5,8-9,11-14,16,22,29H,6-7,10,15,17H2,1-2H3,(H,28,35)(H,30,32). The molecule has 0 spiro atoms. The molecular weight excluding hydrogens is 524 g/mol. The average molecular weight is 555 g/mol. The summed E-state index contributed by atoms with van der Waals surface area (Å²) in [5.41, 5.74) is 0.630. The summed E-state index contributed by atoms with van der Waals surface area (Å²) in [5, 5.41) is 18.9. The average Bonchev–Trinajstić information content (AvgIpc) is 2.90. The molecule has 212 valence electrons. The summed E-state index contributed by atoms with van der Waals surface area (Å²) < 4.78 is 15.3. The van der Waals surface area contributed by atoms with Gasteiger partial charge in [0.2, 0.25) is 5.91 Å². The van der Waals surface area contributed by atoms with Crippen molar-refractivity contribution in [3.05, 3.63) is 82.0 Å². The van der Waals surface area contributed by atoms with Crippen LogP contribution in [0.4, 0.5) is 16.2 Å². The van der Waals surface area contributed by atoms with Gasteiger partial charge >= 0.3 is 18.0 Å². The van der Waals surface area contributed by atoms with Gasteiger partial charge in [-0.2, -0.15) is 0 Å². The Labute approximate surface area is 230 Å². The zero-order chi connectivity index (χ0) is 29.1. The van der Waals surface area contributed by atoms with Crippen molar-refractivity contribution in [2.24, 2.45) is 0 Å². The molecule has 2 aromatic carbocycles. The largest absolute Gasteiger partial charge is 0.445 e. The monoisotopic (exact) mass is 554 g/mol. The highest BCUT2D eigenvalue weighted by atomic mass is 16.7. The van der Waals surface area contributed by atoms with Crippen LogP contribution in [-0.4, -0.2) is 47.2 Å². The van der Waals surface area contributed by atoms with Gasteiger partial charge in [0, 0.05) is 44.4 Å². The molecule has 0 radical (unpaired) electrons. The lowest BCUT2D eigenvalue weighted by Gasteiger charge is -2.30. The molecule has 3 N–H and O–H groups in total. The van der Waals surface area contributed by atoms with Gasteiger partial charge in [-0.3, -0.25) is 14.9 Å². The van der Waals surface area contributed by atoms with Crippen LogP contribution in [0.25, 0.3) is 0 Å². The third-order valence-corrected chi connectivity index (χ3v) is 5.61. The number of anilines is 1. The van der Waals surface area contributed by atoms with E-state index in [1.54, 1.807) is 0 Å². The lowest BCUT2D eigenvalue weighted by atomic mass is 10.1. The lowest BCUT2D eigenvalue weighted by molar-refractivity contribution is -0.384. The highest BCUT2D eigenvalue weighted by Crippen LogP contribution is 2.22. The Bertz CT molecular complexity index is 1240. The summed E-state index contributed by atoms with van der Waals surface area (Å²) in [6.07, 6.45) is 1.71. The van der Waals surface area contributed by atoms with Crippen LogP contribution in [0.15, 0.2) is 66.4 Å². The quantitative estimate of drug-likeness (QED) is 0.0881. The predicted octanol–water partition coefficient (Wildman–Crippen LogP) is 3.31. The van der Waals surface area contributed by atoms with Crippen LogP contribution in [0.1, 0.15) is 38.7 Å². The fourth-order valence-electron chi connectivity index (χ4n) is 3.59. The maximum Gasteiger partial charge on any atom is 0.407 e. The van der Waals surface area contributed by atoms with Crippen LogP contribution in [0.3, 0.4) is 0 Å². The van der Waals surface area contributed by atoms with E-state index in [2.05, 4.69) is 16.0 Å². The molecule has 3 rings (SSSR count). The van der Waals surface area contributed by atoms with Crippen LogP contribution in [0.2, 0.25) is 0 Å². The fourth-order valence-corrected chi connectivity index (χ4v) is 3.59. The number of nitrogens with zero attached hydrogens (tertiary/aromatic N) is 1. The molecule has 0 aliphatic carbocycles. The first-order valence-electron chi connectivity index (χ1n) is 12.5. The molecule has 2 aromatic rings. The van der Waals surface area contributed by atoms with E-state index in [-0.39, 0.29) is 18.7 Å². The maximum absolute atomic E-state index is 13.0. The number of nitrogens with one attached hydrogen (secondary N) is 3. The number of alkyl carbamates (subject to hydrolysis) is 1. The van der Waals surface area contributed by atoms with Gasteiger partial charge in [-0.1, -0.05) is 30.3 Å².